The molecule has 0 unspecified atom stereocenters. The summed E-state index contributed by atoms with van der Waals surface area (Å²) in [5, 5.41) is 0. The molecule has 0 N–H and O–H groups in total. The van der Waals surface area contributed by atoms with E-state index in [0.717, 1.165) is 12.8 Å². The molecule has 0 saturated carbocycles. The van der Waals surface area contributed by atoms with Gasteiger partial charge >= 0.3 is 0 Å². The van der Waals surface area contributed by atoms with Gasteiger partial charge in [0.1, 0.15) is 0 Å². The molecular weight excluding hydrogens is 220 g/mol. The fourth-order valence-electron chi connectivity index (χ4n) is 2.86. The van der Waals surface area contributed by atoms with Crippen molar-refractivity contribution in [3.05, 3.63) is 48.0 Å². The zero-order valence-electron chi connectivity index (χ0n) is 11.7. The van der Waals surface area contributed by atoms with Crippen molar-refractivity contribution in [1.82, 2.24) is 0 Å². The molecule has 0 amide bonds. The molecule has 0 spiro atoms. The Bertz CT molecular complexity index is 393. The SMILES string of the molecule is C=C(C)[C@H]1C[C@H](CC(C)C)O[C@H]1c1ccccc1. The van der Waals surface area contributed by atoms with Gasteiger partial charge in [0.15, 0.2) is 0 Å². The van der Waals surface area contributed by atoms with Crippen molar-refractivity contribution in [2.24, 2.45) is 11.8 Å². The van der Waals surface area contributed by atoms with Crippen molar-refractivity contribution < 1.29 is 4.74 Å². The first-order chi connectivity index (χ1) is 8.58. The molecule has 3 atom stereocenters. The fourth-order valence-corrected chi connectivity index (χ4v) is 2.86. The highest BCUT2D eigenvalue weighted by Gasteiger charge is 2.36. The Morgan fingerprint density at radius 2 is 2.00 bits per heavy atom. The van der Waals surface area contributed by atoms with E-state index in [1.807, 2.05) is 0 Å². The molecule has 1 aliphatic rings. The Kier molecular flexibility index (Phi) is 4.23. The first kappa shape index (κ1) is 13.4. The van der Waals surface area contributed by atoms with Gasteiger partial charge in [-0.2, -0.15) is 0 Å². The Labute approximate surface area is 111 Å². The van der Waals surface area contributed by atoms with Crippen molar-refractivity contribution in [3.8, 4) is 0 Å². The molecule has 1 heterocycles. The molecule has 0 bridgehead atoms. The van der Waals surface area contributed by atoms with Crippen LogP contribution in [0.2, 0.25) is 0 Å². The van der Waals surface area contributed by atoms with Crippen LogP contribution in [0.15, 0.2) is 42.5 Å². The van der Waals surface area contributed by atoms with E-state index in [0.29, 0.717) is 17.9 Å². The molecule has 1 fully saturated rings. The first-order valence-corrected chi connectivity index (χ1v) is 6.93. The summed E-state index contributed by atoms with van der Waals surface area (Å²) in [5.41, 5.74) is 2.53. The Morgan fingerprint density at radius 3 is 2.56 bits per heavy atom. The van der Waals surface area contributed by atoms with Crippen LogP contribution in [0.1, 0.15) is 45.3 Å². The van der Waals surface area contributed by atoms with Gasteiger partial charge in [-0.05, 0) is 31.2 Å². The summed E-state index contributed by atoms with van der Waals surface area (Å²) in [6.07, 6.45) is 2.85. The summed E-state index contributed by atoms with van der Waals surface area (Å²) in [6.45, 7) is 10.8. The van der Waals surface area contributed by atoms with Gasteiger partial charge in [-0.15, -0.1) is 0 Å². The van der Waals surface area contributed by atoms with Gasteiger partial charge in [-0.1, -0.05) is 56.3 Å². The van der Waals surface area contributed by atoms with E-state index < -0.39 is 0 Å². The van der Waals surface area contributed by atoms with Crippen molar-refractivity contribution in [3.63, 3.8) is 0 Å². The molecule has 1 aromatic carbocycles. The van der Waals surface area contributed by atoms with E-state index in [9.17, 15) is 0 Å². The quantitative estimate of drug-likeness (QED) is 0.694. The Morgan fingerprint density at radius 1 is 1.33 bits per heavy atom. The monoisotopic (exact) mass is 244 g/mol. The van der Waals surface area contributed by atoms with Gasteiger partial charge in [-0.3, -0.25) is 0 Å². The third-order valence-corrected chi connectivity index (χ3v) is 3.72. The van der Waals surface area contributed by atoms with E-state index in [-0.39, 0.29) is 6.10 Å². The second kappa shape index (κ2) is 5.71. The zero-order valence-corrected chi connectivity index (χ0v) is 11.7. The largest absolute Gasteiger partial charge is 0.370 e. The van der Waals surface area contributed by atoms with Crippen LogP contribution >= 0.6 is 0 Å². The standard InChI is InChI=1S/C17H24O/c1-12(2)10-15-11-16(13(3)4)17(18-15)14-8-6-5-7-9-14/h5-9,12,15-17H,3,10-11H2,1-2,4H3/t15-,16+,17-/m0/s1. The molecular formula is C17H24O. The van der Waals surface area contributed by atoms with Crippen LogP contribution in [0.4, 0.5) is 0 Å². The minimum Gasteiger partial charge on any atom is -0.370 e. The predicted molar refractivity (Wildman–Crippen MR) is 76.4 cm³/mol. The maximum Gasteiger partial charge on any atom is 0.0894 e. The minimum atomic E-state index is 0.201. The molecule has 0 aliphatic carbocycles. The van der Waals surface area contributed by atoms with E-state index in [1.165, 1.54) is 11.1 Å². The predicted octanol–water partition coefficient (Wildman–Crippen LogP) is 4.76. The van der Waals surface area contributed by atoms with Crippen molar-refractivity contribution in [1.29, 1.82) is 0 Å². The van der Waals surface area contributed by atoms with E-state index in [1.54, 1.807) is 0 Å². The van der Waals surface area contributed by atoms with Crippen LogP contribution in [0.3, 0.4) is 0 Å². The lowest BCUT2D eigenvalue weighted by Gasteiger charge is -2.19. The third kappa shape index (κ3) is 3.02. The number of hydrogen-bond donors (Lipinski definition) is 0. The fraction of sp³-hybridized carbons (Fsp3) is 0.529. The lowest BCUT2D eigenvalue weighted by Crippen LogP contribution is -2.09. The van der Waals surface area contributed by atoms with Crippen LogP contribution in [-0.2, 0) is 4.74 Å². The molecule has 0 aromatic heterocycles. The number of rotatable bonds is 4. The molecule has 1 aromatic rings. The molecule has 98 valence electrons. The molecule has 1 heteroatoms. The smallest absolute Gasteiger partial charge is 0.0894 e. The average Bonchev–Trinajstić information content (AvgIpc) is 2.73. The van der Waals surface area contributed by atoms with Crippen LogP contribution in [0.5, 0.6) is 0 Å². The van der Waals surface area contributed by atoms with Crippen molar-refractivity contribution >= 4 is 0 Å². The maximum atomic E-state index is 6.27. The molecule has 2 rings (SSSR count). The van der Waals surface area contributed by atoms with Gasteiger partial charge in [0, 0.05) is 5.92 Å². The second-order valence-corrected chi connectivity index (χ2v) is 5.91. The molecule has 18 heavy (non-hydrogen) atoms. The van der Waals surface area contributed by atoms with Crippen LogP contribution in [-0.4, -0.2) is 6.10 Å². The van der Waals surface area contributed by atoms with Gasteiger partial charge < -0.3 is 4.74 Å². The number of hydrogen-bond acceptors (Lipinski definition) is 1. The lowest BCUT2D eigenvalue weighted by atomic mass is 9.88. The highest BCUT2D eigenvalue weighted by atomic mass is 16.5. The lowest BCUT2D eigenvalue weighted by molar-refractivity contribution is 0.0267. The zero-order chi connectivity index (χ0) is 13.1. The summed E-state index contributed by atoms with van der Waals surface area (Å²) in [4.78, 5) is 0. The third-order valence-electron chi connectivity index (χ3n) is 3.72. The Balaban J connectivity index is 2.15. The molecule has 1 saturated heterocycles. The van der Waals surface area contributed by atoms with Crippen LogP contribution in [0, 0.1) is 11.8 Å². The first-order valence-electron chi connectivity index (χ1n) is 6.93. The highest BCUT2D eigenvalue weighted by Crippen LogP contribution is 2.43. The minimum absolute atomic E-state index is 0.201. The molecule has 1 aliphatic heterocycles. The summed E-state index contributed by atoms with van der Waals surface area (Å²) >= 11 is 0. The van der Waals surface area contributed by atoms with E-state index >= 15 is 0 Å². The van der Waals surface area contributed by atoms with E-state index in [4.69, 9.17) is 4.74 Å². The number of ether oxygens (including phenoxy) is 1. The normalized spacial score (nSPS) is 27.7. The van der Waals surface area contributed by atoms with Crippen LogP contribution in [0.25, 0.3) is 0 Å². The van der Waals surface area contributed by atoms with Gasteiger partial charge in [0.2, 0.25) is 0 Å². The Hall–Kier alpha value is -1.08. The summed E-state index contributed by atoms with van der Waals surface area (Å²) < 4.78 is 6.27. The van der Waals surface area contributed by atoms with Gasteiger partial charge in [0.25, 0.3) is 0 Å². The van der Waals surface area contributed by atoms with Crippen LogP contribution < -0.4 is 0 Å². The average molecular weight is 244 g/mol. The maximum absolute atomic E-state index is 6.27. The topological polar surface area (TPSA) is 9.23 Å². The second-order valence-electron chi connectivity index (χ2n) is 5.91. The molecule has 0 radical (unpaired) electrons. The van der Waals surface area contributed by atoms with Gasteiger partial charge in [-0.25, -0.2) is 0 Å². The van der Waals surface area contributed by atoms with Gasteiger partial charge in [0.05, 0.1) is 12.2 Å². The van der Waals surface area contributed by atoms with E-state index in [2.05, 4.69) is 57.7 Å². The summed E-state index contributed by atoms with van der Waals surface area (Å²) in [7, 11) is 0. The summed E-state index contributed by atoms with van der Waals surface area (Å²) in [6, 6.07) is 10.6. The highest BCUT2D eigenvalue weighted by molar-refractivity contribution is 5.22. The van der Waals surface area contributed by atoms with Crippen molar-refractivity contribution in [2.45, 2.75) is 45.8 Å². The summed E-state index contributed by atoms with van der Waals surface area (Å²) in [5.74, 6) is 1.16. The number of benzene rings is 1. The van der Waals surface area contributed by atoms with Crippen molar-refractivity contribution in [2.75, 3.05) is 0 Å². The molecule has 1 nitrogen and oxygen atoms in total.